The van der Waals surface area contributed by atoms with Gasteiger partial charge in [0.25, 0.3) is 5.69 Å². The third-order valence-electron chi connectivity index (χ3n) is 3.34. The van der Waals surface area contributed by atoms with Crippen LogP contribution in [0.4, 0.5) is 5.69 Å². The molecule has 0 aliphatic heterocycles. The molecule has 0 aliphatic rings. The zero-order valence-electron chi connectivity index (χ0n) is 13.0. The maximum absolute atomic E-state index is 12.4. The van der Waals surface area contributed by atoms with Crippen LogP contribution in [0.1, 0.15) is 10.4 Å². The van der Waals surface area contributed by atoms with E-state index in [1.54, 1.807) is 48.5 Å². The molecule has 0 unspecified atom stereocenters. The van der Waals surface area contributed by atoms with Gasteiger partial charge < -0.3 is 9.47 Å². The van der Waals surface area contributed by atoms with Gasteiger partial charge in [-0.25, -0.2) is 4.79 Å². The molecule has 0 radical (unpaired) electrons. The van der Waals surface area contributed by atoms with Crippen molar-refractivity contribution < 1.29 is 19.2 Å². The number of hydrogen-bond donors (Lipinski definition) is 0. The van der Waals surface area contributed by atoms with Crippen LogP contribution in [-0.2, 0) is 0 Å². The first-order chi connectivity index (χ1) is 12.1. The van der Waals surface area contributed by atoms with Crippen molar-refractivity contribution in [2.75, 3.05) is 0 Å². The Morgan fingerprint density at radius 3 is 2.12 bits per heavy atom. The smallest absolute Gasteiger partial charge is 0.347 e. The van der Waals surface area contributed by atoms with Gasteiger partial charge in [0.05, 0.1) is 4.92 Å². The van der Waals surface area contributed by atoms with E-state index in [-0.39, 0.29) is 11.3 Å². The van der Waals surface area contributed by atoms with Gasteiger partial charge in [0.15, 0.2) is 0 Å². The highest BCUT2D eigenvalue weighted by Crippen LogP contribution is 2.27. The quantitative estimate of drug-likeness (QED) is 0.294. The monoisotopic (exact) mass is 335 g/mol. The standard InChI is InChI=1S/C19H13NO5/c21-19(25-15-6-2-1-3-7-15)17-8-4-5-9-18(17)24-16-12-10-14(11-13-16)20(22)23/h1-13H. The Morgan fingerprint density at radius 1 is 0.800 bits per heavy atom. The van der Waals surface area contributed by atoms with Gasteiger partial charge in [-0.2, -0.15) is 0 Å². The van der Waals surface area contributed by atoms with Crippen LogP contribution in [0, 0.1) is 10.1 Å². The number of ether oxygens (including phenoxy) is 2. The topological polar surface area (TPSA) is 78.7 Å². The van der Waals surface area contributed by atoms with E-state index in [4.69, 9.17) is 9.47 Å². The van der Waals surface area contributed by atoms with E-state index in [0.717, 1.165) is 0 Å². The molecule has 0 aromatic heterocycles. The van der Waals surface area contributed by atoms with Crippen molar-refractivity contribution in [1.82, 2.24) is 0 Å². The molecule has 0 fully saturated rings. The van der Waals surface area contributed by atoms with Crippen LogP contribution in [0.2, 0.25) is 0 Å². The third kappa shape index (κ3) is 4.00. The van der Waals surface area contributed by atoms with E-state index in [0.29, 0.717) is 17.2 Å². The van der Waals surface area contributed by atoms with Gasteiger partial charge in [0.1, 0.15) is 22.8 Å². The fraction of sp³-hybridized carbons (Fsp3) is 0. The van der Waals surface area contributed by atoms with Gasteiger partial charge in [-0.05, 0) is 36.4 Å². The number of nitro groups is 1. The summed E-state index contributed by atoms with van der Waals surface area (Å²) < 4.78 is 11.0. The summed E-state index contributed by atoms with van der Waals surface area (Å²) in [6.07, 6.45) is 0. The molecule has 0 aliphatic carbocycles. The van der Waals surface area contributed by atoms with Gasteiger partial charge >= 0.3 is 5.97 Å². The fourth-order valence-corrected chi connectivity index (χ4v) is 2.14. The highest BCUT2D eigenvalue weighted by atomic mass is 16.6. The summed E-state index contributed by atoms with van der Waals surface area (Å²) in [6, 6.07) is 21.0. The van der Waals surface area contributed by atoms with Gasteiger partial charge in [0.2, 0.25) is 0 Å². The van der Waals surface area contributed by atoms with E-state index in [9.17, 15) is 14.9 Å². The molecule has 0 N–H and O–H groups in total. The number of benzene rings is 3. The Bertz CT molecular complexity index is 891. The minimum Gasteiger partial charge on any atom is -0.456 e. The van der Waals surface area contributed by atoms with Crippen molar-refractivity contribution in [1.29, 1.82) is 0 Å². The maximum Gasteiger partial charge on any atom is 0.347 e. The minimum absolute atomic E-state index is 0.0378. The van der Waals surface area contributed by atoms with Crippen LogP contribution in [0.15, 0.2) is 78.9 Å². The van der Waals surface area contributed by atoms with E-state index < -0.39 is 10.9 Å². The second-order valence-corrected chi connectivity index (χ2v) is 5.05. The van der Waals surface area contributed by atoms with Crippen molar-refractivity contribution in [2.24, 2.45) is 0 Å². The Morgan fingerprint density at radius 2 is 1.44 bits per heavy atom. The second-order valence-electron chi connectivity index (χ2n) is 5.05. The van der Waals surface area contributed by atoms with Crippen LogP contribution in [0.5, 0.6) is 17.2 Å². The molecule has 0 heterocycles. The van der Waals surface area contributed by atoms with Crippen LogP contribution in [-0.4, -0.2) is 10.9 Å². The molecule has 3 rings (SSSR count). The van der Waals surface area contributed by atoms with E-state index in [1.807, 2.05) is 6.07 Å². The van der Waals surface area contributed by atoms with Crippen LogP contribution >= 0.6 is 0 Å². The zero-order chi connectivity index (χ0) is 17.6. The molecule has 0 bridgehead atoms. The van der Waals surface area contributed by atoms with Gasteiger partial charge in [0, 0.05) is 12.1 Å². The van der Waals surface area contributed by atoms with Crippen molar-refractivity contribution >= 4 is 11.7 Å². The van der Waals surface area contributed by atoms with Gasteiger partial charge in [-0.1, -0.05) is 30.3 Å². The average molecular weight is 335 g/mol. The summed E-state index contributed by atoms with van der Waals surface area (Å²) in [7, 11) is 0. The molecular formula is C19H13NO5. The average Bonchev–Trinajstić information content (AvgIpc) is 2.63. The second kappa shape index (κ2) is 7.27. The van der Waals surface area contributed by atoms with Crippen molar-refractivity contribution in [3.8, 4) is 17.2 Å². The van der Waals surface area contributed by atoms with Crippen molar-refractivity contribution in [3.63, 3.8) is 0 Å². The SMILES string of the molecule is O=C(Oc1ccccc1)c1ccccc1Oc1ccc([N+](=O)[O-])cc1. The first-order valence-corrected chi connectivity index (χ1v) is 7.42. The number of nitrogens with zero attached hydrogens (tertiary/aromatic N) is 1. The number of rotatable bonds is 5. The molecule has 0 atom stereocenters. The molecule has 0 amide bonds. The number of carbonyl (C=O) groups excluding carboxylic acids is 1. The lowest BCUT2D eigenvalue weighted by Gasteiger charge is -2.10. The number of para-hydroxylation sites is 2. The lowest BCUT2D eigenvalue weighted by atomic mass is 10.2. The predicted molar refractivity (Wildman–Crippen MR) is 91.0 cm³/mol. The molecule has 0 saturated heterocycles. The summed E-state index contributed by atoms with van der Waals surface area (Å²) in [6.45, 7) is 0. The number of esters is 1. The molecule has 0 saturated carbocycles. The highest BCUT2D eigenvalue weighted by molar-refractivity contribution is 5.94. The van der Waals surface area contributed by atoms with E-state index >= 15 is 0 Å². The minimum atomic E-state index is -0.552. The maximum atomic E-state index is 12.4. The third-order valence-corrected chi connectivity index (χ3v) is 3.34. The highest BCUT2D eigenvalue weighted by Gasteiger charge is 2.15. The number of nitro benzene ring substituents is 1. The van der Waals surface area contributed by atoms with Crippen molar-refractivity contribution in [2.45, 2.75) is 0 Å². The Hall–Kier alpha value is -3.67. The largest absolute Gasteiger partial charge is 0.456 e. The summed E-state index contributed by atoms with van der Waals surface area (Å²) in [4.78, 5) is 22.6. The summed E-state index contributed by atoms with van der Waals surface area (Å²) in [5.74, 6) is 0.559. The Labute approximate surface area is 143 Å². The predicted octanol–water partition coefficient (Wildman–Crippen LogP) is 4.61. The number of hydrogen-bond acceptors (Lipinski definition) is 5. The molecule has 3 aromatic rings. The summed E-state index contributed by atoms with van der Waals surface area (Å²) in [5.41, 5.74) is 0.217. The number of carbonyl (C=O) groups is 1. The molecule has 124 valence electrons. The molecular weight excluding hydrogens is 322 g/mol. The van der Waals surface area contributed by atoms with E-state index in [1.165, 1.54) is 24.3 Å². The van der Waals surface area contributed by atoms with Crippen LogP contribution < -0.4 is 9.47 Å². The lowest BCUT2D eigenvalue weighted by molar-refractivity contribution is -0.384. The van der Waals surface area contributed by atoms with E-state index in [2.05, 4.69) is 0 Å². The first-order valence-electron chi connectivity index (χ1n) is 7.42. The van der Waals surface area contributed by atoms with Crippen LogP contribution in [0.3, 0.4) is 0 Å². The molecule has 3 aromatic carbocycles. The fourth-order valence-electron chi connectivity index (χ4n) is 2.14. The molecule has 6 heteroatoms. The molecule has 25 heavy (non-hydrogen) atoms. The summed E-state index contributed by atoms with van der Waals surface area (Å²) >= 11 is 0. The lowest BCUT2D eigenvalue weighted by Crippen LogP contribution is -2.09. The van der Waals surface area contributed by atoms with Crippen molar-refractivity contribution in [3.05, 3.63) is 94.5 Å². The van der Waals surface area contributed by atoms with Crippen LogP contribution in [0.25, 0.3) is 0 Å². The first kappa shape index (κ1) is 16.2. The van der Waals surface area contributed by atoms with Gasteiger partial charge in [-0.15, -0.1) is 0 Å². The molecule has 6 nitrogen and oxygen atoms in total. The summed E-state index contributed by atoms with van der Waals surface area (Å²) in [5, 5.41) is 10.7. The normalized spacial score (nSPS) is 10.1. The zero-order valence-corrected chi connectivity index (χ0v) is 13.0. The Kier molecular flexibility index (Phi) is 4.71. The molecule has 0 spiro atoms. The Balaban J connectivity index is 1.81. The number of non-ortho nitro benzene ring substituents is 1. The van der Waals surface area contributed by atoms with Gasteiger partial charge in [-0.3, -0.25) is 10.1 Å².